The van der Waals surface area contributed by atoms with Gasteiger partial charge in [0.15, 0.2) is 11.5 Å². The Kier molecular flexibility index (Phi) is 5.72. The number of fused-ring (bicyclic) bond motifs is 2. The quantitative estimate of drug-likeness (QED) is 0.357. The van der Waals surface area contributed by atoms with Crippen molar-refractivity contribution in [3.63, 3.8) is 0 Å². The summed E-state index contributed by atoms with van der Waals surface area (Å²) in [5, 5.41) is 13.7. The van der Waals surface area contributed by atoms with E-state index in [-0.39, 0.29) is 11.8 Å². The molecular formula is C30H26FN5O2. The second-order valence-electron chi connectivity index (χ2n) is 9.89. The molecular weight excluding hydrogens is 481 g/mol. The summed E-state index contributed by atoms with van der Waals surface area (Å²) in [6, 6.07) is 22.1. The lowest BCUT2D eigenvalue weighted by Gasteiger charge is -2.41. The summed E-state index contributed by atoms with van der Waals surface area (Å²) in [7, 11) is 1.70. The van der Waals surface area contributed by atoms with Crippen molar-refractivity contribution in [2.45, 2.75) is 25.4 Å². The summed E-state index contributed by atoms with van der Waals surface area (Å²) in [6.07, 6.45) is 1.12. The predicted molar refractivity (Wildman–Crippen MR) is 142 cm³/mol. The number of halogens is 1. The van der Waals surface area contributed by atoms with Gasteiger partial charge in [-0.05, 0) is 50.1 Å². The number of amides is 1. The maximum atomic E-state index is 17.7. The highest BCUT2D eigenvalue weighted by Gasteiger charge is 2.49. The van der Waals surface area contributed by atoms with Crippen molar-refractivity contribution in [2.75, 3.05) is 29.9 Å². The molecule has 0 N–H and O–H groups in total. The molecule has 38 heavy (non-hydrogen) atoms. The van der Waals surface area contributed by atoms with Crippen molar-refractivity contribution in [3.8, 4) is 17.5 Å². The van der Waals surface area contributed by atoms with Gasteiger partial charge >= 0.3 is 0 Å². The van der Waals surface area contributed by atoms with E-state index >= 15 is 4.39 Å². The zero-order valence-corrected chi connectivity index (χ0v) is 21.2. The third-order valence-corrected chi connectivity index (χ3v) is 7.80. The van der Waals surface area contributed by atoms with Gasteiger partial charge in [-0.3, -0.25) is 4.79 Å². The zero-order valence-electron chi connectivity index (χ0n) is 21.2. The van der Waals surface area contributed by atoms with E-state index in [9.17, 15) is 10.1 Å². The Morgan fingerprint density at radius 3 is 2.45 bits per heavy atom. The number of piperidine rings is 1. The fourth-order valence-electron chi connectivity index (χ4n) is 5.90. The highest BCUT2D eigenvalue weighted by molar-refractivity contribution is 6.08. The van der Waals surface area contributed by atoms with Crippen LogP contribution in [0.4, 0.5) is 15.8 Å². The van der Waals surface area contributed by atoms with Gasteiger partial charge in [-0.1, -0.05) is 41.6 Å². The summed E-state index contributed by atoms with van der Waals surface area (Å²) in [6.45, 7) is 2.91. The molecule has 1 fully saturated rings. The molecule has 1 atom stereocenters. The average Bonchev–Trinajstić information content (AvgIpc) is 3.39. The maximum Gasteiger partial charge on any atom is 0.258 e. The molecule has 6 rings (SSSR count). The van der Waals surface area contributed by atoms with Crippen LogP contribution in [0.25, 0.3) is 11.5 Å². The van der Waals surface area contributed by atoms with E-state index in [0.717, 1.165) is 5.69 Å². The van der Waals surface area contributed by atoms with Crippen LogP contribution in [-0.2, 0) is 5.67 Å². The predicted octanol–water partition coefficient (Wildman–Crippen LogP) is 5.64. The summed E-state index contributed by atoms with van der Waals surface area (Å²) >= 11 is 0. The van der Waals surface area contributed by atoms with Crippen LogP contribution < -0.4 is 9.80 Å². The van der Waals surface area contributed by atoms with Crippen LogP contribution in [0.2, 0.25) is 0 Å². The molecule has 1 aromatic heterocycles. The monoisotopic (exact) mass is 507 g/mol. The second-order valence-corrected chi connectivity index (χ2v) is 9.89. The van der Waals surface area contributed by atoms with Crippen LogP contribution in [0.5, 0.6) is 0 Å². The molecule has 8 heteroatoms. The van der Waals surface area contributed by atoms with E-state index in [2.05, 4.69) is 21.1 Å². The number of alkyl halides is 1. The number of para-hydroxylation sites is 1. The minimum Gasteiger partial charge on any atom is -0.370 e. The number of carbonyl (C=O) groups is 1. The number of aryl methyl sites for hydroxylation is 1. The largest absolute Gasteiger partial charge is 0.370 e. The molecule has 4 aromatic rings. The number of benzene rings is 3. The lowest BCUT2D eigenvalue weighted by molar-refractivity contribution is 0.0967. The Hall–Kier alpha value is -4.51. The molecule has 2 aliphatic heterocycles. The SMILES string of the molecule is Cc1noc(-c2ccc(N3CCC(C4(F)c5ccccc5C(=O)N(C)c5ccccc54)CC3)c(C#N)c2)n1. The highest BCUT2D eigenvalue weighted by Crippen LogP contribution is 2.51. The van der Waals surface area contributed by atoms with Crippen LogP contribution in [0, 0.1) is 24.2 Å². The molecule has 1 amide bonds. The summed E-state index contributed by atoms with van der Waals surface area (Å²) < 4.78 is 23.0. The van der Waals surface area contributed by atoms with Gasteiger partial charge in [-0.25, -0.2) is 4.39 Å². The molecule has 0 radical (unpaired) electrons. The van der Waals surface area contributed by atoms with Gasteiger partial charge < -0.3 is 14.3 Å². The molecule has 3 aromatic carbocycles. The Morgan fingerprint density at radius 1 is 1.03 bits per heavy atom. The third kappa shape index (κ3) is 3.66. The summed E-state index contributed by atoms with van der Waals surface area (Å²) in [5.74, 6) is 0.347. The van der Waals surface area contributed by atoms with E-state index in [1.807, 2.05) is 30.3 Å². The Morgan fingerprint density at radius 2 is 1.74 bits per heavy atom. The Balaban J connectivity index is 1.33. The third-order valence-electron chi connectivity index (χ3n) is 7.80. The summed E-state index contributed by atoms with van der Waals surface area (Å²) in [4.78, 5) is 21.3. The van der Waals surface area contributed by atoms with Crippen molar-refractivity contribution >= 4 is 17.3 Å². The number of anilines is 2. The molecule has 7 nitrogen and oxygen atoms in total. The normalized spacial score (nSPS) is 19.5. The fourth-order valence-corrected chi connectivity index (χ4v) is 5.90. The minimum absolute atomic E-state index is 0.208. The second kappa shape index (κ2) is 9.10. The number of rotatable bonds is 3. The molecule has 0 bridgehead atoms. The topological polar surface area (TPSA) is 86.3 Å². The van der Waals surface area contributed by atoms with E-state index < -0.39 is 5.67 Å². The van der Waals surface area contributed by atoms with E-state index in [1.54, 1.807) is 55.3 Å². The van der Waals surface area contributed by atoms with Crippen molar-refractivity contribution < 1.29 is 13.7 Å². The first-order valence-corrected chi connectivity index (χ1v) is 12.7. The summed E-state index contributed by atoms with van der Waals surface area (Å²) in [5.41, 5.74) is 2.11. The highest BCUT2D eigenvalue weighted by atomic mass is 19.1. The number of aromatic nitrogens is 2. The standard InChI is InChI=1S/C30H26FN5O2/c1-19-33-28(38-34-19)20-11-12-26(21(17-20)18-32)36-15-13-22(14-16-36)30(31)24-8-4-3-7-23(24)29(37)35(2)27-10-6-5-9-25(27)30/h3-12,17,22H,13-16H2,1-2H3. The van der Waals surface area contributed by atoms with Crippen molar-refractivity contribution in [1.82, 2.24) is 10.1 Å². The smallest absolute Gasteiger partial charge is 0.258 e. The number of hydrogen-bond acceptors (Lipinski definition) is 6. The Labute approximate surface area is 220 Å². The lowest BCUT2D eigenvalue weighted by atomic mass is 9.72. The van der Waals surface area contributed by atoms with Gasteiger partial charge in [0.2, 0.25) is 0 Å². The van der Waals surface area contributed by atoms with Crippen LogP contribution in [0.3, 0.4) is 0 Å². The minimum atomic E-state index is -1.82. The van der Waals surface area contributed by atoms with Crippen molar-refractivity contribution in [1.29, 1.82) is 5.26 Å². The van der Waals surface area contributed by atoms with E-state index in [0.29, 0.717) is 71.2 Å². The van der Waals surface area contributed by atoms with Gasteiger partial charge in [-0.15, -0.1) is 0 Å². The first-order valence-electron chi connectivity index (χ1n) is 12.7. The van der Waals surface area contributed by atoms with Gasteiger partial charge in [0.1, 0.15) is 6.07 Å². The maximum absolute atomic E-state index is 17.7. The Bertz CT molecular complexity index is 1580. The average molecular weight is 508 g/mol. The van der Waals surface area contributed by atoms with Crippen LogP contribution in [0.15, 0.2) is 71.3 Å². The van der Waals surface area contributed by atoms with Gasteiger partial charge in [0.25, 0.3) is 11.8 Å². The zero-order chi connectivity index (χ0) is 26.4. The molecule has 0 spiro atoms. The number of hydrogen-bond donors (Lipinski definition) is 0. The van der Waals surface area contributed by atoms with Crippen LogP contribution >= 0.6 is 0 Å². The van der Waals surface area contributed by atoms with Crippen molar-refractivity contribution in [2.24, 2.45) is 5.92 Å². The number of carbonyl (C=O) groups excluding carboxylic acids is 1. The first kappa shape index (κ1) is 23.9. The van der Waals surface area contributed by atoms with Crippen LogP contribution in [-0.4, -0.2) is 36.2 Å². The van der Waals surface area contributed by atoms with Crippen LogP contribution in [0.1, 0.15) is 45.7 Å². The molecule has 3 heterocycles. The number of nitriles is 1. The molecule has 190 valence electrons. The first-order chi connectivity index (χ1) is 18.4. The lowest BCUT2D eigenvalue weighted by Crippen LogP contribution is -2.42. The molecule has 1 unspecified atom stereocenters. The van der Waals surface area contributed by atoms with Crippen molar-refractivity contribution in [3.05, 3.63) is 94.8 Å². The fraction of sp³-hybridized carbons (Fsp3) is 0.267. The van der Waals surface area contributed by atoms with Gasteiger partial charge in [0.05, 0.1) is 16.9 Å². The van der Waals surface area contributed by atoms with E-state index in [4.69, 9.17) is 4.52 Å². The van der Waals surface area contributed by atoms with Gasteiger partial charge in [-0.2, -0.15) is 10.2 Å². The molecule has 0 saturated carbocycles. The number of nitrogens with zero attached hydrogens (tertiary/aromatic N) is 5. The molecule has 1 saturated heterocycles. The molecule has 2 aliphatic rings. The van der Waals surface area contributed by atoms with Gasteiger partial charge in [0, 0.05) is 48.3 Å². The van der Waals surface area contributed by atoms with E-state index in [1.165, 1.54) is 0 Å². The molecule has 0 aliphatic carbocycles.